The molecule has 3 saturated heterocycles. The van der Waals surface area contributed by atoms with Crippen LogP contribution in [-0.4, -0.2) is 72.3 Å². The first-order chi connectivity index (χ1) is 16.0. The lowest BCUT2D eigenvalue weighted by atomic mass is 9.55. The molecule has 3 heterocycles. The van der Waals surface area contributed by atoms with Gasteiger partial charge in [-0.15, -0.1) is 0 Å². The average molecular weight is 451 g/mol. The number of hydrogen-bond donors (Lipinski definition) is 0. The standard InChI is InChI=1S/C28H38N2O3/c1-20-10-11-24-22(25(31)32-28(24)23(20)12-13-27(2)26(28)33-27)19-30-17-15-29(16-18-30)14-6-9-21-7-4-3-5-8-21/h3-9,20,22-24,26H,10-19H2,1-2H3/t20-,22-,23-,24+,26+,27-,28-/m0/s1. The third kappa shape index (κ3) is 3.67. The van der Waals surface area contributed by atoms with Crippen LogP contribution in [0.25, 0.3) is 6.08 Å². The second-order valence-electron chi connectivity index (χ2n) is 11.4. The Kier molecular flexibility index (Phi) is 5.43. The highest BCUT2D eigenvalue weighted by molar-refractivity contribution is 5.77. The largest absolute Gasteiger partial charge is 0.455 e. The summed E-state index contributed by atoms with van der Waals surface area (Å²) in [4.78, 5) is 18.3. The highest BCUT2D eigenvalue weighted by Crippen LogP contribution is 2.66. The Hall–Kier alpha value is -1.69. The molecule has 0 aromatic heterocycles. The van der Waals surface area contributed by atoms with E-state index >= 15 is 0 Å². The van der Waals surface area contributed by atoms with Gasteiger partial charge in [0.05, 0.1) is 11.5 Å². The van der Waals surface area contributed by atoms with E-state index in [-0.39, 0.29) is 29.2 Å². The topological polar surface area (TPSA) is 45.3 Å². The molecule has 1 aromatic rings. The molecule has 0 amide bonds. The fourth-order valence-electron chi connectivity index (χ4n) is 7.60. The molecule has 1 aromatic carbocycles. The van der Waals surface area contributed by atoms with E-state index in [0.717, 1.165) is 58.5 Å². The molecule has 5 heteroatoms. The smallest absolute Gasteiger partial charge is 0.311 e. The summed E-state index contributed by atoms with van der Waals surface area (Å²) in [5.41, 5.74) is 0.847. The van der Waals surface area contributed by atoms with Crippen molar-refractivity contribution in [3.8, 4) is 0 Å². The van der Waals surface area contributed by atoms with Crippen molar-refractivity contribution in [2.45, 2.75) is 56.8 Å². The van der Waals surface area contributed by atoms with Crippen molar-refractivity contribution >= 4 is 12.0 Å². The molecule has 0 radical (unpaired) electrons. The Bertz CT molecular complexity index is 911. The van der Waals surface area contributed by atoms with E-state index in [1.807, 2.05) is 0 Å². The van der Waals surface area contributed by atoms with E-state index in [4.69, 9.17) is 9.47 Å². The summed E-state index contributed by atoms with van der Waals surface area (Å²) in [7, 11) is 0. The first-order valence-electron chi connectivity index (χ1n) is 13.1. The SMILES string of the molecule is C[C@H]1CC[C@@H]2[C@H](CN3CCN(CC=Cc4ccccc4)CC3)C(=O)O[C@@]23[C@H]1CC[C@]1(C)O[C@@H]31. The third-order valence-corrected chi connectivity index (χ3v) is 9.48. The van der Waals surface area contributed by atoms with Crippen LogP contribution >= 0.6 is 0 Å². The molecule has 0 unspecified atom stereocenters. The van der Waals surface area contributed by atoms with Crippen molar-refractivity contribution < 1.29 is 14.3 Å². The molecule has 3 aliphatic heterocycles. The maximum absolute atomic E-state index is 13.3. The molecule has 5 aliphatic rings. The molecule has 1 spiro atoms. The van der Waals surface area contributed by atoms with E-state index in [2.05, 4.69) is 66.1 Å². The summed E-state index contributed by atoms with van der Waals surface area (Å²) in [5, 5.41) is 0. The predicted octanol–water partition coefficient (Wildman–Crippen LogP) is 3.84. The van der Waals surface area contributed by atoms with Crippen LogP contribution in [0.5, 0.6) is 0 Å². The normalized spacial score (nSPS) is 43.1. The Morgan fingerprint density at radius 2 is 1.79 bits per heavy atom. The Morgan fingerprint density at radius 1 is 1.03 bits per heavy atom. The second-order valence-corrected chi connectivity index (χ2v) is 11.4. The number of carbonyl (C=O) groups is 1. The van der Waals surface area contributed by atoms with E-state index in [1.165, 1.54) is 12.0 Å². The molecule has 2 saturated carbocycles. The summed E-state index contributed by atoms with van der Waals surface area (Å²) < 4.78 is 12.7. The summed E-state index contributed by atoms with van der Waals surface area (Å²) in [6.45, 7) is 10.6. The zero-order valence-electron chi connectivity index (χ0n) is 20.1. The van der Waals surface area contributed by atoms with Crippen LogP contribution in [-0.2, 0) is 14.3 Å². The van der Waals surface area contributed by atoms with Gasteiger partial charge in [-0.2, -0.15) is 0 Å². The van der Waals surface area contributed by atoms with Gasteiger partial charge in [-0.3, -0.25) is 14.6 Å². The number of hydrogen-bond acceptors (Lipinski definition) is 5. The number of piperazine rings is 1. The maximum Gasteiger partial charge on any atom is 0.311 e. The summed E-state index contributed by atoms with van der Waals surface area (Å²) >= 11 is 0. The summed E-state index contributed by atoms with van der Waals surface area (Å²) in [6, 6.07) is 10.5. The van der Waals surface area contributed by atoms with Crippen LogP contribution in [0.2, 0.25) is 0 Å². The van der Waals surface area contributed by atoms with Crippen LogP contribution in [0.15, 0.2) is 36.4 Å². The quantitative estimate of drug-likeness (QED) is 0.504. The molecule has 7 atom stereocenters. The van der Waals surface area contributed by atoms with Crippen molar-refractivity contribution in [2.24, 2.45) is 23.7 Å². The van der Waals surface area contributed by atoms with Crippen molar-refractivity contribution in [3.63, 3.8) is 0 Å². The first kappa shape index (κ1) is 21.8. The molecule has 2 aliphatic carbocycles. The Balaban J connectivity index is 1.08. The van der Waals surface area contributed by atoms with Crippen LogP contribution in [0.4, 0.5) is 0 Å². The van der Waals surface area contributed by atoms with Gasteiger partial charge in [0.2, 0.25) is 0 Å². The zero-order valence-corrected chi connectivity index (χ0v) is 20.1. The number of esters is 1. The molecule has 5 fully saturated rings. The number of rotatable bonds is 5. The van der Waals surface area contributed by atoms with Crippen molar-refractivity contribution in [1.29, 1.82) is 0 Å². The zero-order chi connectivity index (χ0) is 22.6. The lowest BCUT2D eigenvalue weighted by Gasteiger charge is -2.50. The first-order valence-corrected chi connectivity index (χ1v) is 13.1. The fourth-order valence-corrected chi connectivity index (χ4v) is 7.60. The van der Waals surface area contributed by atoms with Gasteiger partial charge in [0.15, 0.2) is 0 Å². The highest BCUT2D eigenvalue weighted by atomic mass is 16.7. The van der Waals surface area contributed by atoms with Gasteiger partial charge in [0.1, 0.15) is 11.7 Å². The second kappa shape index (κ2) is 8.21. The number of nitrogens with zero attached hydrogens (tertiary/aromatic N) is 2. The number of epoxide rings is 1. The van der Waals surface area contributed by atoms with Crippen LogP contribution in [0.3, 0.4) is 0 Å². The van der Waals surface area contributed by atoms with Crippen molar-refractivity contribution in [2.75, 3.05) is 39.3 Å². The Morgan fingerprint density at radius 3 is 2.58 bits per heavy atom. The fraction of sp³-hybridized carbons (Fsp3) is 0.679. The van der Waals surface area contributed by atoms with Gasteiger partial charge < -0.3 is 9.47 Å². The van der Waals surface area contributed by atoms with E-state index in [1.54, 1.807) is 0 Å². The molecule has 33 heavy (non-hydrogen) atoms. The van der Waals surface area contributed by atoms with Crippen molar-refractivity contribution in [1.82, 2.24) is 9.80 Å². The van der Waals surface area contributed by atoms with Gasteiger partial charge in [0.25, 0.3) is 0 Å². The number of ether oxygens (including phenoxy) is 2. The van der Waals surface area contributed by atoms with E-state index < -0.39 is 0 Å². The van der Waals surface area contributed by atoms with Crippen molar-refractivity contribution in [3.05, 3.63) is 42.0 Å². The van der Waals surface area contributed by atoms with Crippen LogP contribution < -0.4 is 0 Å². The van der Waals surface area contributed by atoms with Crippen LogP contribution in [0, 0.1) is 23.7 Å². The number of fused-ring (bicyclic) bond motifs is 1. The minimum atomic E-state index is -0.351. The monoisotopic (exact) mass is 450 g/mol. The summed E-state index contributed by atoms with van der Waals surface area (Å²) in [5.74, 6) is 1.47. The Labute approximate surface area is 198 Å². The molecular formula is C28H38N2O3. The lowest BCUT2D eigenvalue weighted by molar-refractivity contribution is -0.168. The van der Waals surface area contributed by atoms with Gasteiger partial charge in [-0.25, -0.2) is 0 Å². The minimum absolute atomic E-state index is 0.0103. The van der Waals surface area contributed by atoms with Gasteiger partial charge in [0, 0.05) is 51.1 Å². The third-order valence-electron chi connectivity index (χ3n) is 9.48. The highest BCUT2D eigenvalue weighted by Gasteiger charge is 2.77. The minimum Gasteiger partial charge on any atom is -0.455 e. The molecule has 178 valence electrons. The molecule has 0 bridgehead atoms. The number of carbonyl (C=O) groups excluding carboxylic acids is 1. The average Bonchev–Trinajstić information content (AvgIpc) is 3.45. The molecular weight excluding hydrogens is 412 g/mol. The van der Waals surface area contributed by atoms with E-state index in [0.29, 0.717) is 17.8 Å². The molecule has 0 N–H and O–H groups in total. The maximum atomic E-state index is 13.3. The molecule has 6 rings (SSSR count). The summed E-state index contributed by atoms with van der Waals surface area (Å²) in [6.07, 6.45) is 9.17. The predicted molar refractivity (Wildman–Crippen MR) is 129 cm³/mol. The van der Waals surface area contributed by atoms with Crippen LogP contribution in [0.1, 0.15) is 45.1 Å². The van der Waals surface area contributed by atoms with Gasteiger partial charge >= 0.3 is 5.97 Å². The number of benzene rings is 1. The lowest BCUT2D eigenvalue weighted by Crippen LogP contribution is -2.58. The molecule has 5 nitrogen and oxygen atoms in total. The van der Waals surface area contributed by atoms with E-state index in [9.17, 15) is 4.79 Å². The van der Waals surface area contributed by atoms with Gasteiger partial charge in [-0.05, 0) is 44.1 Å². The van der Waals surface area contributed by atoms with Gasteiger partial charge in [-0.1, -0.05) is 49.4 Å².